The molecule has 1 heterocycles. The highest BCUT2D eigenvalue weighted by Gasteiger charge is 2.06. The molecule has 2 aromatic rings. The van der Waals surface area contributed by atoms with Gasteiger partial charge in [0, 0.05) is 17.1 Å². The summed E-state index contributed by atoms with van der Waals surface area (Å²) in [6, 6.07) is 5.99. The standard InChI is InChI=1S/C13H17NO2/c1-9(15)3-4-10-8-14-13-6-5-11(16-2)7-12(10)13/h5-9,14-15H,3-4H2,1-2H3/t9-/m0/s1. The van der Waals surface area contributed by atoms with E-state index in [-0.39, 0.29) is 6.10 Å². The number of nitrogens with one attached hydrogen (secondary N) is 1. The molecule has 2 N–H and O–H groups in total. The maximum Gasteiger partial charge on any atom is 0.119 e. The molecule has 0 amide bonds. The molecule has 1 aromatic heterocycles. The molecule has 1 aromatic carbocycles. The van der Waals surface area contributed by atoms with Crippen LogP contribution in [0.15, 0.2) is 24.4 Å². The average molecular weight is 219 g/mol. The molecule has 2 rings (SSSR count). The average Bonchev–Trinajstić information content (AvgIpc) is 2.68. The summed E-state index contributed by atoms with van der Waals surface area (Å²) in [7, 11) is 1.67. The van der Waals surface area contributed by atoms with Crippen molar-refractivity contribution in [3.8, 4) is 5.75 Å². The number of aliphatic hydroxyl groups is 1. The molecule has 0 fully saturated rings. The first-order valence-corrected chi connectivity index (χ1v) is 5.53. The summed E-state index contributed by atoms with van der Waals surface area (Å²) in [6.45, 7) is 1.81. The third kappa shape index (κ3) is 2.19. The third-order valence-corrected chi connectivity index (χ3v) is 2.81. The predicted octanol–water partition coefficient (Wildman–Crippen LogP) is 2.49. The lowest BCUT2D eigenvalue weighted by Crippen LogP contribution is -2.00. The highest BCUT2D eigenvalue weighted by Crippen LogP contribution is 2.24. The number of rotatable bonds is 4. The van der Waals surface area contributed by atoms with E-state index in [1.807, 2.05) is 31.3 Å². The van der Waals surface area contributed by atoms with Gasteiger partial charge in [0.2, 0.25) is 0 Å². The molecule has 3 heteroatoms. The Morgan fingerprint density at radius 3 is 2.94 bits per heavy atom. The van der Waals surface area contributed by atoms with E-state index in [1.165, 1.54) is 10.9 Å². The number of fused-ring (bicyclic) bond motifs is 1. The van der Waals surface area contributed by atoms with E-state index in [1.54, 1.807) is 7.11 Å². The molecule has 0 bridgehead atoms. The van der Waals surface area contributed by atoms with Crippen LogP contribution in [0.5, 0.6) is 5.75 Å². The molecule has 0 aliphatic heterocycles. The minimum Gasteiger partial charge on any atom is -0.497 e. The zero-order valence-corrected chi connectivity index (χ0v) is 9.66. The summed E-state index contributed by atoms with van der Waals surface area (Å²) in [6.07, 6.45) is 3.41. The third-order valence-electron chi connectivity index (χ3n) is 2.81. The van der Waals surface area contributed by atoms with Gasteiger partial charge in [-0.25, -0.2) is 0 Å². The molecule has 0 spiro atoms. The Morgan fingerprint density at radius 2 is 2.25 bits per heavy atom. The molecule has 1 atom stereocenters. The lowest BCUT2D eigenvalue weighted by molar-refractivity contribution is 0.185. The van der Waals surface area contributed by atoms with Crippen LogP contribution in [0.4, 0.5) is 0 Å². The number of hydrogen-bond acceptors (Lipinski definition) is 2. The maximum absolute atomic E-state index is 9.29. The Hall–Kier alpha value is -1.48. The van der Waals surface area contributed by atoms with Crippen molar-refractivity contribution in [2.75, 3.05) is 7.11 Å². The number of aliphatic hydroxyl groups excluding tert-OH is 1. The van der Waals surface area contributed by atoms with Crippen LogP contribution in [0.2, 0.25) is 0 Å². The first kappa shape index (κ1) is 11.0. The second-order valence-electron chi connectivity index (χ2n) is 4.11. The van der Waals surface area contributed by atoms with Crippen molar-refractivity contribution in [2.24, 2.45) is 0 Å². The minimum absolute atomic E-state index is 0.254. The predicted molar refractivity (Wildman–Crippen MR) is 64.9 cm³/mol. The van der Waals surface area contributed by atoms with Gasteiger partial charge in [-0.3, -0.25) is 0 Å². The van der Waals surface area contributed by atoms with Crippen molar-refractivity contribution in [3.05, 3.63) is 30.0 Å². The Balaban J connectivity index is 2.30. The molecule has 16 heavy (non-hydrogen) atoms. The van der Waals surface area contributed by atoms with Crippen LogP contribution < -0.4 is 4.74 Å². The second-order valence-corrected chi connectivity index (χ2v) is 4.11. The Labute approximate surface area is 95.1 Å². The fraction of sp³-hybridized carbons (Fsp3) is 0.385. The summed E-state index contributed by atoms with van der Waals surface area (Å²) in [4.78, 5) is 3.23. The topological polar surface area (TPSA) is 45.2 Å². The largest absolute Gasteiger partial charge is 0.497 e. The number of ether oxygens (including phenoxy) is 1. The molecule has 86 valence electrons. The van der Waals surface area contributed by atoms with Gasteiger partial charge in [0.15, 0.2) is 0 Å². The number of aromatic amines is 1. The van der Waals surface area contributed by atoms with Crippen molar-refractivity contribution in [2.45, 2.75) is 25.9 Å². The normalized spacial score (nSPS) is 12.9. The van der Waals surface area contributed by atoms with Crippen LogP contribution in [-0.2, 0) is 6.42 Å². The SMILES string of the molecule is COc1ccc2[nH]cc(CC[C@H](C)O)c2c1. The first-order valence-electron chi connectivity index (χ1n) is 5.53. The fourth-order valence-corrected chi connectivity index (χ4v) is 1.86. The van der Waals surface area contributed by atoms with Crippen molar-refractivity contribution in [1.82, 2.24) is 4.98 Å². The lowest BCUT2D eigenvalue weighted by Gasteiger charge is -2.04. The number of hydrogen-bond donors (Lipinski definition) is 2. The molecular weight excluding hydrogens is 202 g/mol. The molecular formula is C13H17NO2. The molecule has 0 unspecified atom stereocenters. The van der Waals surface area contributed by atoms with Gasteiger partial charge in [0.25, 0.3) is 0 Å². The van der Waals surface area contributed by atoms with Crippen LogP contribution in [0.3, 0.4) is 0 Å². The van der Waals surface area contributed by atoms with E-state index >= 15 is 0 Å². The smallest absolute Gasteiger partial charge is 0.119 e. The summed E-state index contributed by atoms with van der Waals surface area (Å²) < 4.78 is 5.21. The Morgan fingerprint density at radius 1 is 1.44 bits per heavy atom. The van der Waals surface area contributed by atoms with Crippen LogP contribution >= 0.6 is 0 Å². The van der Waals surface area contributed by atoms with Crippen LogP contribution in [0.25, 0.3) is 10.9 Å². The van der Waals surface area contributed by atoms with Crippen molar-refractivity contribution in [1.29, 1.82) is 0 Å². The number of methoxy groups -OCH3 is 1. The number of aromatic nitrogens is 1. The van der Waals surface area contributed by atoms with Crippen LogP contribution in [0.1, 0.15) is 18.9 Å². The van der Waals surface area contributed by atoms with Gasteiger partial charge in [-0.05, 0) is 43.5 Å². The van der Waals surface area contributed by atoms with E-state index in [4.69, 9.17) is 4.74 Å². The maximum atomic E-state index is 9.29. The lowest BCUT2D eigenvalue weighted by atomic mass is 10.1. The van der Waals surface area contributed by atoms with Gasteiger partial charge in [-0.2, -0.15) is 0 Å². The highest BCUT2D eigenvalue weighted by molar-refractivity contribution is 5.84. The minimum atomic E-state index is -0.254. The van der Waals surface area contributed by atoms with Gasteiger partial charge in [0.1, 0.15) is 5.75 Å². The van der Waals surface area contributed by atoms with Gasteiger partial charge in [-0.1, -0.05) is 0 Å². The molecule has 0 radical (unpaired) electrons. The van der Waals surface area contributed by atoms with E-state index in [2.05, 4.69) is 4.98 Å². The monoisotopic (exact) mass is 219 g/mol. The Bertz CT molecular complexity index is 474. The molecule has 0 aliphatic carbocycles. The van der Waals surface area contributed by atoms with Crippen LogP contribution in [-0.4, -0.2) is 23.3 Å². The van der Waals surface area contributed by atoms with Crippen molar-refractivity contribution < 1.29 is 9.84 Å². The highest BCUT2D eigenvalue weighted by atomic mass is 16.5. The summed E-state index contributed by atoms with van der Waals surface area (Å²) in [5, 5.41) is 10.5. The quantitative estimate of drug-likeness (QED) is 0.829. The van der Waals surface area contributed by atoms with Gasteiger partial charge >= 0.3 is 0 Å². The first-order chi connectivity index (χ1) is 7.70. The molecule has 0 saturated heterocycles. The van der Waals surface area contributed by atoms with E-state index < -0.39 is 0 Å². The Kier molecular flexibility index (Phi) is 3.15. The van der Waals surface area contributed by atoms with E-state index in [0.717, 1.165) is 24.1 Å². The van der Waals surface area contributed by atoms with E-state index in [9.17, 15) is 5.11 Å². The van der Waals surface area contributed by atoms with Gasteiger partial charge < -0.3 is 14.8 Å². The van der Waals surface area contributed by atoms with E-state index in [0.29, 0.717) is 0 Å². The van der Waals surface area contributed by atoms with Crippen molar-refractivity contribution in [3.63, 3.8) is 0 Å². The number of benzene rings is 1. The molecule has 3 nitrogen and oxygen atoms in total. The van der Waals surface area contributed by atoms with Crippen molar-refractivity contribution >= 4 is 10.9 Å². The van der Waals surface area contributed by atoms with Crippen LogP contribution in [0, 0.1) is 0 Å². The summed E-state index contributed by atoms with van der Waals surface area (Å²) in [5.74, 6) is 0.866. The fourth-order valence-electron chi connectivity index (χ4n) is 1.86. The summed E-state index contributed by atoms with van der Waals surface area (Å²) in [5.41, 5.74) is 2.34. The zero-order valence-electron chi connectivity index (χ0n) is 9.66. The second kappa shape index (κ2) is 4.58. The van der Waals surface area contributed by atoms with Gasteiger partial charge in [-0.15, -0.1) is 0 Å². The molecule has 0 saturated carbocycles. The van der Waals surface area contributed by atoms with Gasteiger partial charge in [0.05, 0.1) is 13.2 Å². The number of H-pyrrole nitrogens is 1. The molecule has 0 aliphatic rings. The number of aryl methyl sites for hydroxylation is 1. The summed E-state index contributed by atoms with van der Waals surface area (Å²) >= 11 is 0. The zero-order chi connectivity index (χ0) is 11.5.